The lowest BCUT2D eigenvalue weighted by molar-refractivity contribution is -0.356. The van der Waals surface area contributed by atoms with E-state index in [1.165, 1.54) is 14.0 Å². The number of methoxy groups -OCH3 is 4. The molecule has 25 atom stereocenters. The number of esters is 1. The average Bonchev–Trinajstić information content (AvgIpc) is 3.63. The van der Waals surface area contributed by atoms with E-state index in [4.69, 9.17) is 61.6 Å². The number of hydrogen-bond acceptors (Lipinski definition) is 20. The van der Waals surface area contributed by atoms with Gasteiger partial charge in [-0.3, -0.25) is 4.79 Å². The summed E-state index contributed by atoms with van der Waals surface area (Å²) in [5, 5.41) is 59.5. The van der Waals surface area contributed by atoms with Crippen LogP contribution in [0.2, 0.25) is 0 Å². The number of aliphatic hydroxyl groups is 5. The highest BCUT2D eigenvalue weighted by Gasteiger charge is 2.81. The predicted molar refractivity (Wildman–Crippen MR) is 267 cm³/mol. The Kier molecular flexibility index (Phi) is 17.1. The van der Waals surface area contributed by atoms with E-state index < -0.39 is 156 Å². The van der Waals surface area contributed by atoms with Crippen LogP contribution in [0, 0.1) is 16.7 Å². The Bertz CT molecular complexity index is 2220. The van der Waals surface area contributed by atoms with Gasteiger partial charge in [-0.25, -0.2) is 4.79 Å². The molecule has 0 aromatic heterocycles. The van der Waals surface area contributed by atoms with Gasteiger partial charge in [0.25, 0.3) is 0 Å². The van der Waals surface area contributed by atoms with Crippen molar-refractivity contribution in [2.24, 2.45) is 16.7 Å². The highest BCUT2D eigenvalue weighted by atomic mass is 16.8. The summed E-state index contributed by atoms with van der Waals surface area (Å²) in [5.41, 5.74) is -6.73. The fourth-order valence-corrected chi connectivity index (χ4v) is 14.9. The SMILES string of the molecule is CO[C@H]1[C@@H](O)[C@H](O[C@@H]2[C@@H](C)O[C@@H](O[C@@H]3[C@@H](C)O[C@@H](O[C@H]4[C@@H](OC)C[C@H](O[C@H]5CC[C@@]6(C)C(=CC[C@]7(O)[C@@H]6CC(OC(=O)c6ccccc6)[C@@]6(C)[C@]7(O)CC[C@]6(O)C(C)=O)C5)O[C@@H]4C)C[C@H]3OC)C[C@H]2OC)O[C@H](C)[C@H]1O. The number of benzene rings is 1. The summed E-state index contributed by atoms with van der Waals surface area (Å²) in [4.78, 5) is 27.1. The Hall–Kier alpha value is -2.58. The van der Waals surface area contributed by atoms with Crippen molar-refractivity contribution in [3.63, 3.8) is 0 Å². The van der Waals surface area contributed by atoms with Gasteiger partial charge >= 0.3 is 5.97 Å². The molecule has 4 saturated heterocycles. The van der Waals surface area contributed by atoms with E-state index >= 15 is 0 Å². The number of hydrogen-bond donors (Lipinski definition) is 5. The van der Waals surface area contributed by atoms with Crippen LogP contribution in [-0.2, 0) is 66.4 Å². The molecular weight excluding hydrogens is 993 g/mol. The molecule has 20 nitrogen and oxygen atoms in total. The third kappa shape index (κ3) is 9.87. The van der Waals surface area contributed by atoms with Crippen LogP contribution in [0.25, 0.3) is 0 Å². The van der Waals surface area contributed by atoms with E-state index in [9.17, 15) is 35.1 Å². The second-order valence-corrected chi connectivity index (χ2v) is 23.3. The molecule has 4 aliphatic carbocycles. The molecule has 76 heavy (non-hydrogen) atoms. The molecular formula is C56H84O20. The van der Waals surface area contributed by atoms with Crippen molar-refractivity contribution in [1.29, 1.82) is 0 Å². The van der Waals surface area contributed by atoms with Gasteiger partial charge in [0, 0.05) is 53.6 Å². The standard InChI is InChI=1S/C56H84O20/c1-28-44(58)49(67-11)45(59)51(71-28)76-48-31(4)70-43(26-38(48)66-10)75-47-30(3)69-42(25-37(47)65-9)74-46-29(2)68-41(24-36(46)64-8)72-35-18-19-52(6)34(23-35)17-20-55(62)39(52)27-40(73-50(60)33-15-13-12-14-16-33)53(7)54(61,32(5)57)21-22-56(53,55)63/h12-17,28-31,35-49,51,58-59,61-63H,18-27H2,1-11H3/t28-,29-,30-,31-,35+,36+,37-,38-,39-,40?,41+,42+,43+,44-,45-,46-,47-,48-,49-,51+,52+,53-,54+,55+,56-/m1/s1. The molecule has 0 amide bonds. The van der Waals surface area contributed by atoms with Crippen LogP contribution in [-0.4, -0.2) is 199 Å². The molecule has 7 fully saturated rings. The summed E-state index contributed by atoms with van der Waals surface area (Å²) in [5.74, 6) is -1.76. The predicted octanol–water partition coefficient (Wildman–Crippen LogP) is 3.81. The van der Waals surface area contributed by atoms with Crippen molar-refractivity contribution in [3.05, 3.63) is 47.5 Å². The molecule has 0 radical (unpaired) electrons. The van der Waals surface area contributed by atoms with Gasteiger partial charge in [-0.1, -0.05) is 36.8 Å². The Morgan fingerprint density at radius 3 is 1.70 bits per heavy atom. The van der Waals surface area contributed by atoms with Crippen LogP contribution in [0.3, 0.4) is 0 Å². The Morgan fingerprint density at radius 2 is 1.17 bits per heavy atom. The zero-order chi connectivity index (χ0) is 54.9. The van der Waals surface area contributed by atoms with Crippen LogP contribution < -0.4 is 0 Å². The number of carbonyl (C=O) groups is 2. The molecule has 1 unspecified atom stereocenters. The van der Waals surface area contributed by atoms with Crippen LogP contribution in [0.15, 0.2) is 42.0 Å². The lowest BCUT2D eigenvalue weighted by atomic mass is 9.42. The van der Waals surface area contributed by atoms with Crippen molar-refractivity contribution in [2.75, 3.05) is 28.4 Å². The van der Waals surface area contributed by atoms with Crippen LogP contribution in [0.5, 0.6) is 0 Å². The maximum Gasteiger partial charge on any atom is 0.338 e. The number of carbonyl (C=O) groups excluding carboxylic acids is 2. The smallest absolute Gasteiger partial charge is 0.338 e. The minimum atomic E-state index is -2.04. The molecule has 4 heterocycles. The van der Waals surface area contributed by atoms with Crippen molar-refractivity contribution in [3.8, 4) is 0 Å². The second kappa shape index (κ2) is 22.4. The van der Waals surface area contributed by atoms with Crippen LogP contribution >= 0.6 is 0 Å². The van der Waals surface area contributed by atoms with Gasteiger partial charge in [-0.2, -0.15) is 0 Å². The molecule has 3 saturated carbocycles. The molecule has 1 aromatic rings. The molecule has 4 aliphatic heterocycles. The van der Waals surface area contributed by atoms with Gasteiger partial charge in [-0.05, 0) is 104 Å². The van der Waals surface area contributed by atoms with Crippen molar-refractivity contribution >= 4 is 11.8 Å². The minimum absolute atomic E-state index is 0.0498. The highest BCUT2D eigenvalue weighted by molar-refractivity contribution is 5.90. The monoisotopic (exact) mass is 1080 g/mol. The van der Waals surface area contributed by atoms with E-state index in [0.717, 1.165) is 5.57 Å². The lowest BCUT2D eigenvalue weighted by Gasteiger charge is -2.67. The third-order valence-electron chi connectivity index (χ3n) is 19.5. The van der Waals surface area contributed by atoms with E-state index in [0.29, 0.717) is 44.1 Å². The molecule has 0 bridgehead atoms. The van der Waals surface area contributed by atoms with E-state index in [-0.39, 0.29) is 31.8 Å². The number of ether oxygens (including phenoxy) is 13. The molecule has 0 spiro atoms. The zero-order valence-electron chi connectivity index (χ0n) is 45.9. The van der Waals surface area contributed by atoms with Gasteiger partial charge in [0.05, 0.1) is 59.8 Å². The van der Waals surface area contributed by atoms with Crippen LogP contribution in [0.4, 0.5) is 0 Å². The first kappa shape index (κ1) is 58.1. The molecule has 8 aliphatic rings. The van der Waals surface area contributed by atoms with Gasteiger partial charge in [0.15, 0.2) is 30.9 Å². The topological polar surface area (TPSA) is 255 Å². The normalized spacial score (nSPS) is 49.4. The summed E-state index contributed by atoms with van der Waals surface area (Å²) in [7, 11) is 6.24. The first-order valence-corrected chi connectivity index (χ1v) is 27.3. The molecule has 1 aromatic carbocycles. The van der Waals surface area contributed by atoms with Gasteiger partial charge in [0.2, 0.25) is 0 Å². The van der Waals surface area contributed by atoms with Gasteiger partial charge in [-0.15, -0.1) is 0 Å². The maximum absolute atomic E-state index is 13.7. The van der Waals surface area contributed by atoms with E-state index in [1.807, 2.05) is 26.8 Å². The number of ketones is 1. The third-order valence-corrected chi connectivity index (χ3v) is 19.5. The Labute approximate surface area is 446 Å². The maximum atomic E-state index is 13.7. The summed E-state index contributed by atoms with van der Waals surface area (Å²) in [6.45, 7) is 12.3. The first-order valence-electron chi connectivity index (χ1n) is 27.3. The van der Waals surface area contributed by atoms with Crippen molar-refractivity contribution < 1.29 is 96.7 Å². The quantitative estimate of drug-likeness (QED) is 0.124. The first-order chi connectivity index (χ1) is 36.0. The Balaban J connectivity index is 0.810. The van der Waals surface area contributed by atoms with Crippen molar-refractivity contribution in [2.45, 2.75) is 246 Å². The lowest BCUT2D eigenvalue weighted by Crippen LogP contribution is -2.78. The number of fused-ring (bicyclic) bond motifs is 5. The summed E-state index contributed by atoms with van der Waals surface area (Å²) in [6.07, 6.45) is -7.99. The fraction of sp³-hybridized carbons (Fsp3) is 0.821. The molecule has 20 heteroatoms. The van der Waals surface area contributed by atoms with E-state index in [2.05, 4.69) is 6.92 Å². The van der Waals surface area contributed by atoms with Crippen LogP contribution in [0.1, 0.15) is 123 Å². The van der Waals surface area contributed by atoms with Crippen molar-refractivity contribution in [1.82, 2.24) is 0 Å². The highest BCUT2D eigenvalue weighted by Crippen LogP contribution is 2.71. The van der Waals surface area contributed by atoms with Gasteiger partial charge in [0.1, 0.15) is 59.5 Å². The second-order valence-electron chi connectivity index (χ2n) is 23.3. The largest absolute Gasteiger partial charge is 0.458 e. The number of rotatable bonds is 15. The zero-order valence-corrected chi connectivity index (χ0v) is 45.9. The van der Waals surface area contributed by atoms with E-state index in [1.54, 1.807) is 65.5 Å². The minimum Gasteiger partial charge on any atom is -0.458 e. The van der Waals surface area contributed by atoms with Gasteiger partial charge < -0.3 is 87.1 Å². The summed E-state index contributed by atoms with van der Waals surface area (Å²) in [6, 6.07) is 8.51. The molecule has 5 N–H and O–H groups in total. The Morgan fingerprint density at radius 1 is 0.632 bits per heavy atom. The molecule has 9 rings (SSSR count). The summed E-state index contributed by atoms with van der Waals surface area (Å²) < 4.78 is 81.0. The number of aliphatic hydroxyl groups excluding tert-OH is 2. The summed E-state index contributed by atoms with van der Waals surface area (Å²) >= 11 is 0. The number of Topliss-reactive ketones (excluding diaryl/α,β-unsaturated/α-hetero) is 1. The molecule has 428 valence electrons. The average molecular weight is 1080 g/mol. The fourth-order valence-electron chi connectivity index (χ4n) is 14.9.